The first-order chi connectivity index (χ1) is 14.8. The van der Waals surface area contributed by atoms with Crippen LogP contribution >= 0.6 is 0 Å². The average Bonchev–Trinajstić information content (AvgIpc) is 2.67. The average molecular weight is 446 g/mol. The topological polar surface area (TPSA) is 113 Å². The number of hydrogen-bond donors (Lipinski definition) is 3. The molecule has 8 heteroatoms. The summed E-state index contributed by atoms with van der Waals surface area (Å²) in [5.41, 5.74) is 5.87. The van der Waals surface area contributed by atoms with Crippen molar-refractivity contribution in [3.8, 4) is 0 Å². The van der Waals surface area contributed by atoms with Gasteiger partial charge in [0.25, 0.3) is 11.3 Å². The number of para-hydroxylation sites is 1. The van der Waals surface area contributed by atoms with Crippen LogP contribution in [0.2, 0.25) is 0 Å². The molecular formula is C23H31N3O4S. The Morgan fingerprint density at radius 1 is 1.16 bits per heavy atom. The van der Waals surface area contributed by atoms with E-state index in [-0.39, 0.29) is 29.7 Å². The van der Waals surface area contributed by atoms with Crippen LogP contribution in [0, 0.1) is 30.1 Å². The minimum absolute atomic E-state index is 0.0137. The van der Waals surface area contributed by atoms with Gasteiger partial charge in [0, 0.05) is 11.5 Å². The number of nitrogens with zero attached hydrogens (tertiary/aromatic N) is 1. The summed E-state index contributed by atoms with van der Waals surface area (Å²) in [7, 11) is 0. The quantitative estimate of drug-likeness (QED) is 0.584. The van der Waals surface area contributed by atoms with E-state index in [0.717, 1.165) is 44.1 Å². The van der Waals surface area contributed by atoms with Crippen molar-refractivity contribution in [3.63, 3.8) is 0 Å². The van der Waals surface area contributed by atoms with Crippen LogP contribution < -0.4 is 15.4 Å². The monoisotopic (exact) mass is 445 g/mol. The molecule has 6 rings (SSSR count). The zero-order valence-corrected chi connectivity index (χ0v) is 18.7. The number of carbonyl (C=O) groups is 2. The number of nitrogens with one attached hydrogen (secondary N) is 1. The predicted molar refractivity (Wildman–Crippen MR) is 118 cm³/mol. The van der Waals surface area contributed by atoms with Gasteiger partial charge in [-0.25, -0.2) is 4.21 Å². The standard InChI is InChI=1S/C23H31N3O4S/c1-14-5-2-3-6-18(14)26(31(29)30)23(7-4-8-23)21(28)25-19-16-9-15-10-17(19)13-22(11-15,12-16)20(24)27/h2-3,5-6,15-17,19H,4,7-13H2,1H3,(H2,24,27)(H,25,28)(H,29,30). The molecule has 0 saturated heterocycles. The number of hydrogen-bond acceptors (Lipinski definition) is 3. The third-order valence-corrected chi connectivity index (χ3v) is 9.43. The van der Waals surface area contributed by atoms with Crippen molar-refractivity contribution in [1.82, 2.24) is 5.32 Å². The summed E-state index contributed by atoms with van der Waals surface area (Å²) in [6.45, 7) is 1.89. The fraction of sp³-hybridized carbons (Fsp3) is 0.652. The molecule has 5 fully saturated rings. The van der Waals surface area contributed by atoms with E-state index in [9.17, 15) is 18.4 Å². The number of anilines is 1. The van der Waals surface area contributed by atoms with E-state index < -0.39 is 22.2 Å². The highest BCUT2D eigenvalue weighted by Gasteiger charge is 2.60. The summed E-state index contributed by atoms with van der Waals surface area (Å²) in [5, 5.41) is 3.31. The number of carbonyl (C=O) groups excluding carboxylic acids is 2. The molecule has 0 aromatic heterocycles. The molecule has 1 aromatic rings. The van der Waals surface area contributed by atoms with Crippen LogP contribution in [0.25, 0.3) is 0 Å². The molecule has 3 atom stereocenters. The second-order valence-corrected chi connectivity index (χ2v) is 11.1. The van der Waals surface area contributed by atoms with Gasteiger partial charge in [-0.3, -0.25) is 18.4 Å². The van der Waals surface area contributed by atoms with Crippen molar-refractivity contribution in [2.75, 3.05) is 4.31 Å². The van der Waals surface area contributed by atoms with Gasteiger partial charge in [-0.15, -0.1) is 0 Å². The minimum atomic E-state index is -2.32. The van der Waals surface area contributed by atoms with Crippen LogP contribution in [-0.4, -0.2) is 32.2 Å². The molecule has 31 heavy (non-hydrogen) atoms. The Kier molecular flexibility index (Phi) is 4.93. The number of benzene rings is 1. The molecular weight excluding hydrogens is 414 g/mol. The summed E-state index contributed by atoms with van der Waals surface area (Å²) < 4.78 is 24.1. The van der Waals surface area contributed by atoms with Crippen molar-refractivity contribution in [3.05, 3.63) is 29.8 Å². The predicted octanol–water partition coefficient (Wildman–Crippen LogP) is 2.66. The first-order valence-corrected chi connectivity index (χ1v) is 12.4. The smallest absolute Gasteiger partial charge is 0.262 e. The van der Waals surface area contributed by atoms with Crippen LogP contribution in [0.5, 0.6) is 0 Å². The second kappa shape index (κ2) is 7.30. The van der Waals surface area contributed by atoms with Crippen molar-refractivity contribution in [2.24, 2.45) is 28.9 Å². The number of aryl methyl sites for hydroxylation is 1. The normalized spacial score (nSPS) is 35.8. The van der Waals surface area contributed by atoms with Crippen LogP contribution in [0.15, 0.2) is 24.3 Å². The van der Waals surface area contributed by atoms with Crippen LogP contribution in [0.3, 0.4) is 0 Å². The molecule has 5 saturated carbocycles. The van der Waals surface area contributed by atoms with Crippen molar-refractivity contribution < 1.29 is 18.4 Å². The Labute approximate surface area is 185 Å². The van der Waals surface area contributed by atoms with Gasteiger partial charge in [0.15, 0.2) is 0 Å². The summed E-state index contributed by atoms with van der Waals surface area (Å²) in [5.74, 6) is 0.686. The van der Waals surface area contributed by atoms with Gasteiger partial charge in [0.1, 0.15) is 5.54 Å². The van der Waals surface area contributed by atoms with Gasteiger partial charge in [-0.1, -0.05) is 18.2 Å². The number of nitrogens with two attached hydrogens (primary N) is 1. The molecule has 0 heterocycles. The van der Waals surface area contributed by atoms with Crippen LogP contribution in [-0.2, 0) is 20.9 Å². The van der Waals surface area contributed by atoms with E-state index in [4.69, 9.17) is 5.73 Å². The van der Waals surface area contributed by atoms with Crippen molar-refractivity contribution in [2.45, 2.75) is 69.9 Å². The van der Waals surface area contributed by atoms with Crippen molar-refractivity contribution >= 4 is 28.8 Å². The molecule has 2 amide bonds. The highest BCUT2D eigenvalue weighted by atomic mass is 32.2. The summed E-state index contributed by atoms with van der Waals surface area (Å²) in [4.78, 5) is 25.9. The van der Waals surface area contributed by atoms with Gasteiger partial charge in [0.05, 0.1) is 5.69 Å². The molecule has 5 aliphatic carbocycles. The Bertz CT molecular complexity index is 931. The third-order valence-electron chi connectivity index (χ3n) is 8.58. The molecule has 168 valence electrons. The molecule has 4 N–H and O–H groups in total. The highest BCUT2D eigenvalue weighted by Crippen LogP contribution is 2.60. The second-order valence-electron chi connectivity index (χ2n) is 10.3. The first-order valence-electron chi connectivity index (χ1n) is 11.3. The lowest BCUT2D eigenvalue weighted by Gasteiger charge is -2.59. The Morgan fingerprint density at radius 2 is 1.81 bits per heavy atom. The van der Waals surface area contributed by atoms with Crippen LogP contribution in [0.1, 0.15) is 56.9 Å². The number of amides is 2. The summed E-state index contributed by atoms with van der Waals surface area (Å²) in [6, 6.07) is 7.41. The van der Waals surface area contributed by atoms with Gasteiger partial charge in [-0.2, -0.15) is 0 Å². The molecule has 1 aromatic carbocycles. The van der Waals surface area contributed by atoms with Gasteiger partial charge in [-0.05, 0) is 87.7 Å². The maximum atomic E-state index is 13.7. The lowest BCUT2D eigenvalue weighted by Crippen LogP contribution is -2.68. The Hall–Kier alpha value is -1.93. The van der Waals surface area contributed by atoms with E-state index in [1.54, 1.807) is 6.07 Å². The van der Waals surface area contributed by atoms with Gasteiger partial charge >= 0.3 is 0 Å². The maximum Gasteiger partial charge on any atom is 0.262 e. The molecule has 0 aliphatic heterocycles. The zero-order chi connectivity index (χ0) is 22.0. The van der Waals surface area contributed by atoms with Gasteiger partial charge < -0.3 is 11.1 Å². The molecule has 0 radical (unpaired) electrons. The zero-order valence-electron chi connectivity index (χ0n) is 17.9. The molecule has 7 nitrogen and oxygen atoms in total. The summed E-state index contributed by atoms with van der Waals surface area (Å²) in [6.07, 6.45) is 6.39. The maximum absolute atomic E-state index is 13.7. The fourth-order valence-corrected chi connectivity index (χ4v) is 8.07. The Morgan fingerprint density at radius 3 is 2.32 bits per heavy atom. The third kappa shape index (κ3) is 3.13. The summed E-state index contributed by atoms with van der Waals surface area (Å²) >= 11 is -2.32. The first kappa shape index (κ1) is 20.9. The largest absolute Gasteiger partial charge is 0.369 e. The fourth-order valence-electron chi connectivity index (χ4n) is 7.14. The Balaban J connectivity index is 1.41. The molecule has 0 spiro atoms. The lowest BCUT2D eigenvalue weighted by molar-refractivity contribution is -0.148. The number of rotatable bonds is 6. The molecule has 5 aliphatic rings. The lowest BCUT2D eigenvalue weighted by atomic mass is 9.47. The van der Waals surface area contributed by atoms with E-state index in [0.29, 0.717) is 24.4 Å². The minimum Gasteiger partial charge on any atom is -0.369 e. The number of primary amides is 1. The molecule has 4 bridgehead atoms. The van der Waals surface area contributed by atoms with E-state index in [2.05, 4.69) is 5.32 Å². The molecule has 3 unspecified atom stereocenters. The van der Waals surface area contributed by atoms with E-state index >= 15 is 0 Å². The SMILES string of the molecule is Cc1ccccc1N(S(=O)O)C1(C(=O)NC2C3CC4CC2CC(C(N)=O)(C4)C3)CCC1. The van der Waals surface area contributed by atoms with Crippen molar-refractivity contribution in [1.29, 1.82) is 0 Å². The van der Waals surface area contributed by atoms with Gasteiger partial charge in [0.2, 0.25) is 11.8 Å². The van der Waals surface area contributed by atoms with Crippen LogP contribution in [0.4, 0.5) is 5.69 Å². The van der Waals surface area contributed by atoms with E-state index in [1.165, 1.54) is 4.31 Å². The highest BCUT2D eigenvalue weighted by molar-refractivity contribution is 7.80. The van der Waals surface area contributed by atoms with E-state index in [1.807, 2.05) is 25.1 Å².